The molecule has 0 aliphatic heterocycles. The highest BCUT2D eigenvalue weighted by atomic mass is 16.5. The molecule has 3 nitrogen and oxygen atoms in total. The van der Waals surface area contributed by atoms with Crippen molar-refractivity contribution in [3.8, 4) is 11.5 Å². The summed E-state index contributed by atoms with van der Waals surface area (Å²) in [7, 11) is 0. The van der Waals surface area contributed by atoms with Crippen LogP contribution >= 0.6 is 0 Å². The molecule has 0 aliphatic rings. The molecule has 0 aromatic heterocycles. The Morgan fingerprint density at radius 2 is 1.53 bits per heavy atom. The molecule has 98 valence electrons. The number of hydrogen-bond donors (Lipinski definition) is 0. The number of benzene rings is 2. The molecule has 0 radical (unpaired) electrons. The average molecular weight is 256 g/mol. The van der Waals surface area contributed by atoms with E-state index >= 15 is 0 Å². The second kappa shape index (κ2) is 6.59. The summed E-state index contributed by atoms with van der Waals surface area (Å²) in [6, 6.07) is 16.4. The third-order valence-corrected chi connectivity index (χ3v) is 2.60. The smallest absolute Gasteiger partial charge is 0.200 e. The summed E-state index contributed by atoms with van der Waals surface area (Å²) in [6.07, 6.45) is 0. The summed E-state index contributed by atoms with van der Waals surface area (Å²) in [5.41, 5.74) is 0.624. The van der Waals surface area contributed by atoms with Gasteiger partial charge in [0.15, 0.2) is 12.4 Å². The van der Waals surface area contributed by atoms with Gasteiger partial charge in [-0.05, 0) is 43.3 Å². The fraction of sp³-hybridized carbons (Fsp3) is 0.188. The average Bonchev–Trinajstić information content (AvgIpc) is 2.47. The highest BCUT2D eigenvalue weighted by Crippen LogP contribution is 2.13. The monoisotopic (exact) mass is 256 g/mol. The van der Waals surface area contributed by atoms with Crippen LogP contribution in [0, 0.1) is 0 Å². The van der Waals surface area contributed by atoms with Gasteiger partial charge in [0.05, 0.1) is 6.61 Å². The van der Waals surface area contributed by atoms with Gasteiger partial charge in [-0.3, -0.25) is 4.79 Å². The van der Waals surface area contributed by atoms with Crippen LogP contribution in [0.25, 0.3) is 0 Å². The molecule has 0 atom stereocenters. The second-order valence-electron chi connectivity index (χ2n) is 3.98. The number of ether oxygens (including phenoxy) is 2. The molecule has 0 bridgehead atoms. The molecule has 0 saturated heterocycles. The molecule has 0 unspecified atom stereocenters. The van der Waals surface area contributed by atoms with Crippen molar-refractivity contribution < 1.29 is 14.3 Å². The van der Waals surface area contributed by atoms with Gasteiger partial charge in [0.2, 0.25) is 0 Å². The van der Waals surface area contributed by atoms with Crippen molar-refractivity contribution in [3.63, 3.8) is 0 Å². The number of carbonyl (C=O) groups excluding carboxylic acids is 1. The van der Waals surface area contributed by atoms with Crippen LogP contribution in [0.2, 0.25) is 0 Å². The fourth-order valence-electron chi connectivity index (χ4n) is 1.65. The molecule has 19 heavy (non-hydrogen) atoms. The Morgan fingerprint density at radius 1 is 0.895 bits per heavy atom. The number of para-hydroxylation sites is 1. The van der Waals surface area contributed by atoms with Crippen LogP contribution in [0.15, 0.2) is 54.6 Å². The van der Waals surface area contributed by atoms with Crippen LogP contribution in [0.5, 0.6) is 11.5 Å². The van der Waals surface area contributed by atoms with Gasteiger partial charge in [-0.2, -0.15) is 0 Å². The molecule has 2 aromatic rings. The first-order valence-corrected chi connectivity index (χ1v) is 6.23. The third kappa shape index (κ3) is 3.85. The SMILES string of the molecule is CCOc1ccc(C(=O)COc2ccccc2)cc1. The quantitative estimate of drug-likeness (QED) is 0.743. The molecule has 2 aromatic carbocycles. The van der Waals surface area contributed by atoms with E-state index in [-0.39, 0.29) is 12.4 Å². The first kappa shape index (κ1) is 13.1. The van der Waals surface area contributed by atoms with Crippen molar-refractivity contribution in [2.45, 2.75) is 6.92 Å². The minimum Gasteiger partial charge on any atom is -0.494 e. The van der Waals surface area contributed by atoms with Crippen LogP contribution < -0.4 is 9.47 Å². The van der Waals surface area contributed by atoms with Gasteiger partial charge in [-0.25, -0.2) is 0 Å². The predicted octanol–water partition coefficient (Wildman–Crippen LogP) is 3.35. The van der Waals surface area contributed by atoms with Gasteiger partial charge >= 0.3 is 0 Å². The molecule has 0 N–H and O–H groups in total. The van der Waals surface area contributed by atoms with E-state index < -0.39 is 0 Å². The van der Waals surface area contributed by atoms with E-state index in [4.69, 9.17) is 9.47 Å². The Kier molecular flexibility index (Phi) is 4.56. The van der Waals surface area contributed by atoms with Gasteiger partial charge in [0.25, 0.3) is 0 Å². The van der Waals surface area contributed by atoms with E-state index in [1.54, 1.807) is 24.3 Å². The molecular formula is C16H16O3. The maximum absolute atomic E-state index is 11.9. The van der Waals surface area contributed by atoms with E-state index in [0.29, 0.717) is 17.9 Å². The lowest BCUT2D eigenvalue weighted by Gasteiger charge is -2.06. The van der Waals surface area contributed by atoms with Crippen molar-refractivity contribution in [1.29, 1.82) is 0 Å². The lowest BCUT2D eigenvalue weighted by Crippen LogP contribution is -2.11. The van der Waals surface area contributed by atoms with Crippen LogP contribution in [-0.2, 0) is 0 Å². The Hall–Kier alpha value is -2.29. The maximum Gasteiger partial charge on any atom is 0.200 e. The van der Waals surface area contributed by atoms with E-state index in [0.717, 1.165) is 5.75 Å². The summed E-state index contributed by atoms with van der Waals surface area (Å²) in [5.74, 6) is 1.41. The van der Waals surface area contributed by atoms with Crippen molar-refractivity contribution >= 4 is 5.78 Å². The van der Waals surface area contributed by atoms with Crippen LogP contribution in [0.4, 0.5) is 0 Å². The van der Waals surface area contributed by atoms with Gasteiger partial charge in [-0.1, -0.05) is 18.2 Å². The molecule has 0 fully saturated rings. The van der Waals surface area contributed by atoms with Crippen molar-refractivity contribution in [1.82, 2.24) is 0 Å². The summed E-state index contributed by atoms with van der Waals surface area (Å²) in [4.78, 5) is 11.9. The number of carbonyl (C=O) groups is 1. The van der Waals surface area contributed by atoms with Crippen molar-refractivity contribution in [3.05, 3.63) is 60.2 Å². The van der Waals surface area contributed by atoms with Crippen LogP contribution in [-0.4, -0.2) is 19.0 Å². The first-order chi connectivity index (χ1) is 9.29. The van der Waals surface area contributed by atoms with Gasteiger partial charge in [0.1, 0.15) is 11.5 Å². The first-order valence-electron chi connectivity index (χ1n) is 6.23. The molecular weight excluding hydrogens is 240 g/mol. The number of rotatable bonds is 6. The van der Waals surface area contributed by atoms with E-state index in [2.05, 4.69) is 0 Å². The maximum atomic E-state index is 11.9. The summed E-state index contributed by atoms with van der Waals surface area (Å²) in [6.45, 7) is 2.58. The molecule has 0 amide bonds. The number of ketones is 1. The highest BCUT2D eigenvalue weighted by molar-refractivity contribution is 5.97. The van der Waals surface area contributed by atoms with Crippen LogP contribution in [0.3, 0.4) is 0 Å². The minimum atomic E-state index is -0.0492. The Morgan fingerprint density at radius 3 is 2.16 bits per heavy atom. The summed E-state index contributed by atoms with van der Waals surface area (Å²) < 4.78 is 10.7. The van der Waals surface area contributed by atoms with Gasteiger partial charge in [0, 0.05) is 5.56 Å². The molecule has 0 heterocycles. The standard InChI is InChI=1S/C16H16O3/c1-2-18-15-10-8-13(9-11-15)16(17)12-19-14-6-4-3-5-7-14/h3-11H,2,12H2,1H3. The van der Waals surface area contributed by atoms with Gasteiger partial charge in [-0.15, -0.1) is 0 Å². The number of Topliss-reactive ketones (excluding diaryl/α,β-unsaturated/α-hetero) is 1. The fourth-order valence-corrected chi connectivity index (χ4v) is 1.65. The molecule has 0 spiro atoms. The zero-order valence-corrected chi connectivity index (χ0v) is 10.8. The lowest BCUT2D eigenvalue weighted by atomic mass is 10.1. The Labute approximate surface area is 112 Å². The van der Waals surface area contributed by atoms with Crippen LogP contribution in [0.1, 0.15) is 17.3 Å². The van der Waals surface area contributed by atoms with Gasteiger partial charge < -0.3 is 9.47 Å². The minimum absolute atomic E-state index is 0.0397. The highest BCUT2D eigenvalue weighted by Gasteiger charge is 2.06. The van der Waals surface area contributed by atoms with Crippen molar-refractivity contribution in [2.75, 3.05) is 13.2 Å². The largest absolute Gasteiger partial charge is 0.494 e. The van der Waals surface area contributed by atoms with E-state index in [1.165, 1.54) is 0 Å². The molecule has 3 heteroatoms. The zero-order chi connectivity index (χ0) is 13.5. The summed E-state index contributed by atoms with van der Waals surface area (Å²) >= 11 is 0. The van der Waals surface area contributed by atoms with E-state index in [9.17, 15) is 4.79 Å². The molecule has 2 rings (SSSR count). The predicted molar refractivity (Wildman–Crippen MR) is 73.9 cm³/mol. The number of hydrogen-bond acceptors (Lipinski definition) is 3. The normalized spacial score (nSPS) is 9.95. The molecule has 0 saturated carbocycles. The molecule has 0 aliphatic carbocycles. The lowest BCUT2D eigenvalue weighted by molar-refractivity contribution is 0.0921. The second-order valence-corrected chi connectivity index (χ2v) is 3.98. The van der Waals surface area contributed by atoms with Crippen molar-refractivity contribution in [2.24, 2.45) is 0 Å². The Bertz CT molecular complexity index is 517. The third-order valence-electron chi connectivity index (χ3n) is 2.60. The van der Waals surface area contributed by atoms with E-state index in [1.807, 2.05) is 37.3 Å². The summed E-state index contributed by atoms with van der Waals surface area (Å²) in [5, 5.41) is 0. The Balaban J connectivity index is 1.92. The zero-order valence-electron chi connectivity index (χ0n) is 10.8. The topological polar surface area (TPSA) is 35.5 Å².